The minimum absolute atomic E-state index is 0.304. The van der Waals surface area contributed by atoms with Gasteiger partial charge in [0.25, 0.3) is 0 Å². The van der Waals surface area contributed by atoms with Gasteiger partial charge in [0.05, 0.1) is 18.8 Å². The van der Waals surface area contributed by atoms with Gasteiger partial charge in [0, 0.05) is 7.05 Å². The maximum atomic E-state index is 10.8. The Morgan fingerprint density at radius 3 is 2.39 bits per heavy atom. The van der Waals surface area contributed by atoms with Gasteiger partial charge in [-0.1, -0.05) is 13.8 Å². The third kappa shape index (κ3) is 2.24. The largest absolute Gasteiger partial charge is 0.493 e. The van der Waals surface area contributed by atoms with Crippen LogP contribution in [0.2, 0.25) is 0 Å². The van der Waals surface area contributed by atoms with Gasteiger partial charge >= 0.3 is 0 Å². The van der Waals surface area contributed by atoms with Gasteiger partial charge in [-0.05, 0) is 26.9 Å². The molecule has 0 saturated carbocycles. The van der Waals surface area contributed by atoms with E-state index in [4.69, 9.17) is 4.74 Å². The van der Waals surface area contributed by atoms with Crippen LogP contribution in [0.25, 0.3) is 0 Å². The van der Waals surface area contributed by atoms with Gasteiger partial charge in [-0.3, -0.25) is 4.68 Å². The fourth-order valence-corrected chi connectivity index (χ4v) is 2.66. The number of hydrogen-bond donors (Lipinski definition) is 1. The van der Waals surface area contributed by atoms with E-state index in [2.05, 4.69) is 23.8 Å². The number of aliphatic hydroxyl groups excluding tert-OH is 1. The molecular weight excluding hydrogens is 230 g/mol. The van der Waals surface area contributed by atoms with Crippen molar-refractivity contribution < 1.29 is 9.84 Å². The van der Waals surface area contributed by atoms with E-state index in [1.807, 2.05) is 21.1 Å². The Bertz CT molecular complexity index is 384. The number of ether oxygens (including phenoxy) is 1. The summed E-state index contributed by atoms with van der Waals surface area (Å²) in [6.07, 6.45) is 2.72. The summed E-state index contributed by atoms with van der Waals surface area (Å²) in [4.78, 5) is 2.09. The number of aromatic nitrogens is 2. The fourth-order valence-electron chi connectivity index (χ4n) is 2.66. The topological polar surface area (TPSA) is 50.5 Å². The monoisotopic (exact) mass is 255 g/mol. The Labute approximate surface area is 109 Å². The minimum atomic E-state index is -0.634. The molecule has 1 rings (SSSR count). The zero-order valence-electron chi connectivity index (χ0n) is 12.3. The second-order valence-electron chi connectivity index (χ2n) is 4.83. The van der Waals surface area contributed by atoms with Crippen LogP contribution < -0.4 is 4.74 Å². The van der Waals surface area contributed by atoms with Crippen molar-refractivity contribution in [3.63, 3.8) is 0 Å². The average Bonchev–Trinajstić information content (AvgIpc) is 2.71. The molecule has 0 aliphatic heterocycles. The van der Waals surface area contributed by atoms with Crippen LogP contribution >= 0.6 is 0 Å². The first kappa shape index (κ1) is 15.0. The van der Waals surface area contributed by atoms with Gasteiger partial charge in [0.2, 0.25) is 0 Å². The SMILES string of the molecule is CCC(CC)(C(O)c1c(OC)cnn1C)N(C)C. The van der Waals surface area contributed by atoms with Crippen molar-refractivity contribution in [2.24, 2.45) is 7.05 Å². The zero-order chi connectivity index (χ0) is 13.9. The molecule has 0 aromatic carbocycles. The third-order valence-electron chi connectivity index (χ3n) is 4.05. The molecular formula is C13H25N3O2. The summed E-state index contributed by atoms with van der Waals surface area (Å²) in [5.74, 6) is 0.637. The predicted molar refractivity (Wildman–Crippen MR) is 71.7 cm³/mol. The summed E-state index contributed by atoms with van der Waals surface area (Å²) in [6, 6.07) is 0. The van der Waals surface area contributed by atoms with Crippen LogP contribution in [0.4, 0.5) is 0 Å². The van der Waals surface area contributed by atoms with Gasteiger partial charge in [-0.25, -0.2) is 0 Å². The Balaban J connectivity index is 3.25. The molecule has 0 aliphatic carbocycles. The highest BCUT2D eigenvalue weighted by molar-refractivity contribution is 5.29. The van der Waals surface area contributed by atoms with Crippen molar-refractivity contribution in [2.75, 3.05) is 21.2 Å². The van der Waals surface area contributed by atoms with Crippen LogP contribution in [0.5, 0.6) is 5.75 Å². The van der Waals surface area contributed by atoms with Gasteiger partial charge in [-0.2, -0.15) is 5.10 Å². The standard InChI is InChI=1S/C13H25N3O2/c1-7-13(8-2,15(3)4)12(17)11-10(18-6)9-14-16(11)5/h9,12,17H,7-8H2,1-6H3. The molecule has 1 heterocycles. The first-order valence-electron chi connectivity index (χ1n) is 6.35. The van der Waals surface area contributed by atoms with Crippen molar-refractivity contribution in [3.8, 4) is 5.75 Å². The van der Waals surface area contributed by atoms with E-state index in [1.54, 1.807) is 18.0 Å². The lowest BCUT2D eigenvalue weighted by molar-refractivity contribution is -0.0205. The van der Waals surface area contributed by atoms with E-state index in [-0.39, 0.29) is 5.54 Å². The highest BCUT2D eigenvalue weighted by atomic mass is 16.5. The summed E-state index contributed by atoms with van der Waals surface area (Å²) in [5, 5.41) is 15.0. The average molecular weight is 255 g/mol. The maximum absolute atomic E-state index is 10.8. The van der Waals surface area contributed by atoms with E-state index in [0.717, 1.165) is 18.5 Å². The molecule has 1 aromatic rings. The molecule has 0 amide bonds. The molecule has 0 saturated heterocycles. The maximum Gasteiger partial charge on any atom is 0.162 e. The smallest absolute Gasteiger partial charge is 0.162 e. The van der Waals surface area contributed by atoms with Crippen LogP contribution in [0.1, 0.15) is 38.5 Å². The molecule has 5 heteroatoms. The van der Waals surface area contributed by atoms with E-state index in [9.17, 15) is 5.11 Å². The molecule has 1 N–H and O–H groups in total. The van der Waals surface area contributed by atoms with Crippen molar-refractivity contribution in [3.05, 3.63) is 11.9 Å². The molecule has 0 bridgehead atoms. The third-order valence-corrected chi connectivity index (χ3v) is 4.05. The van der Waals surface area contributed by atoms with Gasteiger partial charge in [-0.15, -0.1) is 0 Å². The zero-order valence-corrected chi connectivity index (χ0v) is 12.3. The second kappa shape index (κ2) is 5.71. The van der Waals surface area contributed by atoms with Crippen LogP contribution in [0.15, 0.2) is 6.20 Å². The summed E-state index contributed by atoms with van der Waals surface area (Å²) in [7, 11) is 7.42. The molecule has 0 radical (unpaired) electrons. The van der Waals surface area contributed by atoms with Crippen molar-refractivity contribution in [1.82, 2.24) is 14.7 Å². The van der Waals surface area contributed by atoms with Crippen molar-refractivity contribution >= 4 is 0 Å². The molecule has 0 fully saturated rings. The number of nitrogens with zero attached hydrogens (tertiary/aromatic N) is 3. The fraction of sp³-hybridized carbons (Fsp3) is 0.769. The molecule has 0 spiro atoms. The molecule has 1 atom stereocenters. The Kier molecular flexibility index (Phi) is 4.76. The Morgan fingerprint density at radius 1 is 1.44 bits per heavy atom. The van der Waals surface area contributed by atoms with E-state index < -0.39 is 6.10 Å². The van der Waals surface area contributed by atoms with Gasteiger partial charge in [0.1, 0.15) is 11.8 Å². The lowest BCUT2D eigenvalue weighted by Crippen LogP contribution is -2.49. The number of methoxy groups -OCH3 is 1. The Hall–Kier alpha value is -1.07. The molecule has 1 aromatic heterocycles. The van der Waals surface area contributed by atoms with Crippen LogP contribution in [-0.4, -0.2) is 46.5 Å². The molecule has 104 valence electrons. The Morgan fingerprint density at radius 2 is 2.00 bits per heavy atom. The highest BCUT2D eigenvalue weighted by Crippen LogP contribution is 2.39. The van der Waals surface area contributed by atoms with Crippen molar-refractivity contribution in [1.29, 1.82) is 0 Å². The number of aryl methyl sites for hydroxylation is 1. The minimum Gasteiger partial charge on any atom is -0.493 e. The number of hydrogen-bond acceptors (Lipinski definition) is 4. The first-order chi connectivity index (χ1) is 8.44. The summed E-state index contributed by atoms with van der Waals surface area (Å²) in [6.45, 7) is 4.19. The number of aliphatic hydroxyl groups is 1. The first-order valence-corrected chi connectivity index (χ1v) is 6.35. The van der Waals surface area contributed by atoms with Crippen LogP contribution in [-0.2, 0) is 7.05 Å². The van der Waals surface area contributed by atoms with Crippen LogP contribution in [0.3, 0.4) is 0 Å². The summed E-state index contributed by atoms with van der Waals surface area (Å²) >= 11 is 0. The van der Waals surface area contributed by atoms with E-state index in [1.165, 1.54) is 0 Å². The second-order valence-corrected chi connectivity index (χ2v) is 4.83. The lowest BCUT2D eigenvalue weighted by atomic mass is 9.83. The summed E-state index contributed by atoms with van der Waals surface area (Å²) in [5.41, 5.74) is 0.427. The lowest BCUT2D eigenvalue weighted by Gasteiger charge is -2.42. The molecule has 5 nitrogen and oxygen atoms in total. The normalized spacial score (nSPS) is 14.0. The highest BCUT2D eigenvalue weighted by Gasteiger charge is 2.40. The van der Waals surface area contributed by atoms with Gasteiger partial charge < -0.3 is 14.7 Å². The van der Waals surface area contributed by atoms with E-state index >= 15 is 0 Å². The summed E-state index contributed by atoms with van der Waals surface area (Å²) < 4.78 is 6.98. The van der Waals surface area contributed by atoms with Gasteiger partial charge in [0.15, 0.2) is 5.75 Å². The molecule has 0 aliphatic rings. The molecule has 1 unspecified atom stereocenters. The number of likely N-dealkylation sites (N-methyl/N-ethyl adjacent to an activating group) is 1. The quantitative estimate of drug-likeness (QED) is 0.838. The molecule has 18 heavy (non-hydrogen) atoms. The van der Waals surface area contributed by atoms with Crippen molar-refractivity contribution in [2.45, 2.75) is 38.3 Å². The van der Waals surface area contributed by atoms with Crippen LogP contribution in [0, 0.1) is 0 Å². The van der Waals surface area contributed by atoms with E-state index in [0.29, 0.717) is 5.75 Å². The number of rotatable bonds is 6. The predicted octanol–water partition coefficient (Wildman–Crippen LogP) is 1.58.